The van der Waals surface area contributed by atoms with Gasteiger partial charge in [-0.3, -0.25) is 19.4 Å². The lowest BCUT2D eigenvalue weighted by Crippen LogP contribution is -2.68. The van der Waals surface area contributed by atoms with Crippen molar-refractivity contribution in [3.63, 3.8) is 0 Å². The first-order valence-electron chi connectivity index (χ1n) is 11.4. The van der Waals surface area contributed by atoms with E-state index < -0.39 is 16.9 Å². The van der Waals surface area contributed by atoms with Crippen molar-refractivity contribution in [2.45, 2.75) is 25.5 Å². The van der Waals surface area contributed by atoms with Crippen LogP contribution in [0.15, 0.2) is 65.7 Å². The molecule has 0 bridgehead atoms. The number of carbonyl (C=O) groups excluding carboxylic acids is 2. The summed E-state index contributed by atoms with van der Waals surface area (Å²) < 4.78 is 4.93. The third-order valence-corrected chi connectivity index (χ3v) is 6.03. The summed E-state index contributed by atoms with van der Waals surface area (Å²) in [6.45, 7) is 2.38. The van der Waals surface area contributed by atoms with Crippen LogP contribution in [-0.2, 0) is 13.0 Å². The molecule has 3 aromatic rings. The molecule has 35 heavy (non-hydrogen) atoms. The fourth-order valence-electron chi connectivity index (χ4n) is 4.15. The van der Waals surface area contributed by atoms with E-state index in [4.69, 9.17) is 4.74 Å². The molecule has 1 aliphatic rings. The van der Waals surface area contributed by atoms with Gasteiger partial charge in [-0.2, -0.15) is 0 Å². The van der Waals surface area contributed by atoms with Crippen LogP contribution >= 0.6 is 0 Å². The Kier molecular flexibility index (Phi) is 6.97. The number of hydrogen-bond donors (Lipinski definition) is 2. The van der Waals surface area contributed by atoms with Gasteiger partial charge < -0.3 is 24.6 Å². The molecule has 1 aromatic carbocycles. The average molecular weight is 477 g/mol. The summed E-state index contributed by atoms with van der Waals surface area (Å²) in [5.74, 6) is -0.591. The molecule has 1 aliphatic heterocycles. The molecular formula is C26H28N4O5. The molecule has 2 N–H and O–H groups in total. The van der Waals surface area contributed by atoms with Crippen LogP contribution in [0.25, 0.3) is 0 Å². The molecule has 182 valence electrons. The molecule has 4 rings (SSSR count). The minimum atomic E-state index is -1.28. The Morgan fingerprint density at radius 2 is 1.91 bits per heavy atom. The van der Waals surface area contributed by atoms with Crippen molar-refractivity contribution in [3.8, 4) is 5.75 Å². The number of aromatic amines is 1. The highest BCUT2D eigenvalue weighted by atomic mass is 16.5. The third kappa shape index (κ3) is 5.41. The highest BCUT2D eigenvalue weighted by molar-refractivity contribution is 5.94. The van der Waals surface area contributed by atoms with E-state index >= 15 is 0 Å². The van der Waals surface area contributed by atoms with Crippen molar-refractivity contribution in [1.29, 1.82) is 0 Å². The predicted octanol–water partition coefficient (Wildman–Crippen LogP) is 1.87. The van der Waals surface area contributed by atoms with Gasteiger partial charge in [0.25, 0.3) is 11.8 Å². The molecule has 9 heteroatoms. The van der Waals surface area contributed by atoms with Crippen LogP contribution < -0.4 is 10.2 Å². The maximum Gasteiger partial charge on any atom is 0.272 e. The first-order valence-corrected chi connectivity index (χ1v) is 11.4. The van der Waals surface area contributed by atoms with E-state index in [1.54, 1.807) is 17.2 Å². The molecule has 0 saturated carbocycles. The van der Waals surface area contributed by atoms with E-state index in [0.717, 1.165) is 17.5 Å². The van der Waals surface area contributed by atoms with Crippen LogP contribution in [0.3, 0.4) is 0 Å². The minimum absolute atomic E-state index is 0.0287. The summed E-state index contributed by atoms with van der Waals surface area (Å²) in [4.78, 5) is 48.2. The van der Waals surface area contributed by atoms with Crippen LogP contribution in [0.4, 0.5) is 0 Å². The van der Waals surface area contributed by atoms with Crippen molar-refractivity contribution in [3.05, 3.63) is 93.7 Å². The fourth-order valence-corrected chi connectivity index (χ4v) is 4.15. The number of hydrogen-bond acceptors (Lipinski definition) is 6. The lowest BCUT2D eigenvalue weighted by Gasteiger charge is -2.48. The van der Waals surface area contributed by atoms with Crippen molar-refractivity contribution in [1.82, 2.24) is 19.8 Å². The van der Waals surface area contributed by atoms with Crippen molar-refractivity contribution in [2.75, 3.05) is 26.7 Å². The zero-order valence-electron chi connectivity index (χ0n) is 19.7. The number of H-pyrrole nitrogens is 1. The second kappa shape index (κ2) is 10.1. The molecule has 0 aliphatic carbocycles. The van der Waals surface area contributed by atoms with Gasteiger partial charge in [0, 0.05) is 25.0 Å². The SMILES string of the molecule is CCc1ccnc(C(=O)N(Cc2ccccc2)CC2(O)CN(C(=O)c3cc(=O)c(OC)c[nH]3)C2)c1. The van der Waals surface area contributed by atoms with Gasteiger partial charge in [-0.25, -0.2) is 0 Å². The van der Waals surface area contributed by atoms with Crippen LogP contribution in [-0.4, -0.2) is 69.0 Å². The number of aryl methyl sites for hydroxylation is 1. The minimum Gasteiger partial charge on any atom is -0.491 e. The Morgan fingerprint density at radius 1 is 1.17 bits per heavy atom. The van der Waals surface area contributed by atoms with E-state index in [-0.39, 0.29) is 37.0 Å². The summed E-state index contributed by atoms with van der Waals surface area (Å²) in [7, 11) is 1.37. The predicted molar refractivity (Wildman–Crippen MR) is 129 cm³/mol. The number of nitrogens with one attached hydrogen (secondary N) is 1. The van der Waals surface area contributed by atoms with Gasteiger partial charge in [0.1, 0.15) is 17.0 Å². The summed E-state index contributed by atoms with van der Waals surface area (Å²) in [6, 6.07) is 14.3. The summed E-state index contributed by atoms with van der Waals surface area (Å²) in [5.41, 5.74) is 0.638. The van der Waals surface area contributed by atoms with Gasteiger partial charge in [0.05, 0.1) is 26.7 Å². The maximum atomic E-state index is 13.4. The van der Waals surface area contributed by atoms with Crippen LogP contribution in [0.1, 0.15) is 39.0 Å². The number of carbonyl (C=O) groups is 2. The Hall–Kier alpha value is -3.98. The number of aromatic nitrogens is 2. The van der Waals surface area contributed by atoms with Gasteiger partial charge in [-0.1, -0.05) is 37.3 Å². The first kappa shape index (κ1) is 24.2. The van der Waals surface area contributed by atoms with E-state index in [0.29, 0.717) is 12.2 Å². The molecule has 2 aromatic heterocycles. The number of β-amino-alcohol motifs (C(OH)–C–C–N with tert-alkyl or cyclic N) is 1. The number of ether oxygens (including phenoxy) is 1. The number of likely N-dealkylation sites (tertiary alicyclic amines) is 1. The number of aliphatic hydroxyl groups is 1. The van der Waals surface area contributed by atoms with Crippen LogP contribution in [0, 0.1) is 0 Å². The van der Waals surface area contributed by atoms with E-state index in [1.165, 1.54) is 24.3 Å². The Morgan fingerprint density at radius 3 is 2.57 bits per heavy atom. The molecule has 0 unspecified atom stereocenters. The highest BCUT2D eigenvalue weighted by Gasteiger charge is 2.46. The lowest BCUT2D eigenvalue weighted by atomic mass is 9.92. The quantitative estimate of drug-likeness (QED) is 0.513. The van der Waals surface area contributed by atoms with Crippen molar-refractivity contribution in [2.24, 2.45) is 0 Å². The number of pyridine rings is 2. The van der Waals surface area contributed by atoms with Crippen molar-refractivity contribution < 1.29 is 19.4 Å². The number of rotatable bonds is 8. The number of nitrogens with zero attached hydrogens (tertiary/aromatic N) is 3. The van der Waals surface area contributed by atoms with Crippen LogP contribution in [0.5, 0.6) is 5.75 Å². The third-order valence-electron chi connectivity index (χ3n) is 6.03. The summed E-state index contributed by atoms with van der Waals surface area (Å²) in [6.07, 6.45) is 3.72. The fraction of sp³-hybridized carbons (Fsp3) is 0.308. The van der Waals surface area contributed by atoms with Gasteiger partial charge in [-0.15, -0.1) is 0 Å². The number of methoxy groups -OCH3 is 1. The molecule has 0 spiro atoms. The summed E-state index contributed by atoms with van der Waals surface area (Å²) in [5, 5.41) is 11.2. The second-order valence-electron chi connectivity index (χ2n) is 8.71. The van der Waals surface area contributed by atoms with Gasteiger partial charge in [0.15, 0.2) is 5.75 Å². The Labute approximate surface area is 203 Å². The Bertz CT molecular complexity index is 1270. The molecule has 3 heterocycles. The average Bonchev–Trinajstić information content (AvgIpc) is 2.86. The Balaban J connectivity index is 1.49. The van der Waals surface area contributed by atoms with E-state index in [1.807, 2.05) is 43.3 Å². The largest absolute Gasteiger partial charge is 0.491 e. The van der Waals surface area contributed by atoms with E-state index in [9.17, 15) is 19.5 Å². The van der Waals surface area contributed by atoms with Crippen LogP contribution in [0.2, 0.25) is 0 Å². The normalized spacial score (nSPS) is 14.2. The molecule has 2 amide bonds. The van der Waals surface area contributed by atoms with E-state index in [2.05, 4.69) is 9.97 Å². The maximum absolute atomic E-state index is 13.4. The standard InChI is InChI=1S/C26H28N4O5/c1-3-18-9-10-27-20(11-18)24(32)29(14-19-7-5-4-6-8-19)15-26(34)16-30(17-26)25(33)21-12-22(31)23(35-2)13-28-21/h4-13,34H,3,14-17H2,1-2H3,(H,28,31). The smallest absolute Gasteiger partial charge is 0.272 e. The van der Waals surface area contributed by atoms with Gasteiger partial charge >= 0.3 is 0 Å². The summed E-state index contributed by atoms with van der Waals surface area (Å²) >= 11 is 0. The molecule has 0 radical (unpaired) electrons. The monoisotopic (exact) mass is 476 g/mol. The highest BCUT2D eigenvalue weighted by Crippen LogP contribution is 2.25. The molecule has 1 saturated heterocycles. The van der Waals surface area contributed by atoms with Crippen molar-refractivity contribution >= 4 is 11.8 Å². The molecule has 0 atom stereocenters. The number of benzene rings is 1. The topological polar surface area (TPSA) is 116 Å². The molecule has 1 fully saturated rings. The number of amides is 2. The molecule has 9 nitrogen and oxygen atoms in total. The lowest BCUT2D eigenvalue weighted by molar-refractivity contribution is -0.0942. The van der Waals surface area contributed by atoms with Gasteiger partial charge in [0.2, 0.25) is 5.43 Å². The van der Waals surface area contributed by atoms with Gasteiger partial charge in [-0.05, 0) is 29.7 Å². The zero-order chi connectivity index (χ0) is 25.0. The molecular weight excluding hydrogens is 448 g/mol. The first-order chi connectivity index (χ1) is 16.8. The second-order valence-corrected chi connectivity index (χ2v) is 8.71. The zero-order valence-corrected chi connectivity index (χ0v) is 19.7.